The molecular weight excluding hydrogens is 362 g/mol. The van der Waals surface area contributed by atoms with Crippen molar-refractivity contribution in [2.24, 2.45) is 0 Å². The summed E-state index contributed by atoms with van der Waals surface area (Å²) in [4.78, 5) is 23.5. The number of phenolic OH excluding ortho intramolecular Hbond substituents is 1. The lowest BCUT2D eigenvalue weighted by molar-refractivity contribution is -0.384. The fraction of sp³-hybridized carbons (Fsp3) is 0. The van der Waals surface area contributed by atoms with Crippen molar-refractivity contribution in [2.45, 2.75) is 0 Å². The van der Waals surface area contributed by atoms with Crippen LogP contribution in [-0.4, -0.2) is 25.3 Å². The topological polar surface area (TPSA) is 95.7 Å². The molecule has 2 aromatic rings. The number of carbonyl (C=O) groups is 1. The number of carbonyl (C=O) groups excluding carboxylic acids is 1. The number of anilines is 1. The summed E-state index contributed by atoms with van der Waals surface area (Å²) in [5.74, 6) is -0.274. The Bertz CT molecular complexity index is 897. The highest BCUT2D eigenvalue weighted by Gasteiger charge is 2.33. The Kier molecular flexibility index (Phi) is 4.68. The number of hydrazine groups is 1. The lowest BCUT2D eigenvalue weighted by Crippen LogP contribution is -2.34. The number of para-hydroxylation sites is 2. The van der Waals surface area contributed by atoms with E-state index in [-0.39, 0.29) is 21.4 Å². The Hall–Kier alpha value is -2.91. The second-order valence-electron chi connectivity index (χ2n) is 4.99. The predicted molar refractivity (Wildman–Crippen MR) is 99.8 cm³/mol. The average molecular weight is 373 g/mol. The van der Waals surface area contributed by atoms with E-state index in [1.807, 2.05) is 0 Å². The second kappa shape index (κ2) is 6.91. The molecule has 25 heavy (non-hydrogen) atoms. The van der Waals surface area contributed by atoms with E-state index < -0.39 is 10.8 Å². The van der Waals surface area contributed by atoms with Gasteiger partial charge in [0.15, 0.2) is 4.32 Å². The molecule has 9 heteroatoms. The number of hydrogen-bond acceptors (Lipinski definition) is 7. The largest absolute Gasteiger partial charge is 0.508 e. The number of amides is 1. The minimum atomic E-state index is -0.535. The summed E-state index contributed by atoms with van der Waals surface area (Å²) in [5, 5.41) is 21.5. The van der Waals surface area contributed by atoms with Gasteiger partial charge in [0.2, 0.25) is 0 Å². The molecule has 1 fully saturated rings. The average Bonchev–Trinajstić information content (AvgIpc) is 2.85. The van der Waals surface area contributed by atoms with Gasteiger partial charge in [0.1, 0.15) is 11.4 Å². The molecule has 1 aliphatic rings. The van der Waals surface area contributed by atoms with Crippen LogP contribution in [0, 0.1) is 10.1 Å². The standard InChI is InChI=1S/C16H11N3O4S2/c20-11-7-5-10(6-8-11)9-14-15(21)18(16(24)25-14)17-12-3-1-2-4-13(12)19(22)23/h1-9,17,20H/b14-9+. The second-order valence-corrected chi connectivity index (χ2v) is 6.67. The van der Waals surface area contributed by atoms with Crippen LogP contribution in [0.25, 0.3) is 6.08 Å². The number of nitro groups is 1. The zero-order valence-electron chi connectivity index (χ0n) is 12.6. The van der Waals surface area contributed by atoms with Crippen molar-refractivity contribution in [1.82, 2.24) is 5.01 Å². The van der Waals surface area contributed by atoms with Gasteiger partial charge >= 0.3 is 0 Å². The highest BCUT2D eigenvalue weighted by Crippen LogP contribution is 2.34. The van der Waals surface area contributed by atoms with Gasteiger partial charge in [-0.05, 0) is 42.1 Å². The predicted octanol–water partition coefficient (Wildman–Crippen LogP) is 3.53. The quantitative estimate of drug-likeness (QED) is 0.366. The number of hydrogen-bond donors (Lipinski definition) is 2. The normalized spacial score (nSPS) is 15.7. The first kappa shape index (κ1) is 16.9. The van der Waals surface area contributed by atoms with Crippen LogP contribution in [0.15, 0.2) is 53.4 Å². The van der Waals surface area contributed by atoms with E-state index in [1.165, 1.54) is 24.3 Å². The fourth-order valence-electron chi connectivity index (χ4n) is 2.13. The summed E-state index contributed by atoms with van der Waals surface area (Å²) in [7, 11) is 0. The number of benzene rings is 2. The van der Waals surface area contributed by atoms with Gasteiger partial charge in [-0.2, -0.15) is 0 Å². The number of nitrogens with zero attached hydrogens (tertiary/aromatic N) is 2. The van der Waals surface area contributed by atoms with E-state index in [1.54, 1.807) is 30.3 Å². The SMILES string of the molecule is O=C1/C(=C\c2ccc(O)cc2)SC(=S)N1Nc1ccccc1[N+](=O)[O-]. The molecule has 0 atom stereocenters. The van der Waals surface area contributed by atoms with Gasteiger partial charge in [0.25, 0.3) is 11.6 Å². The summed E-state index contributed by atoms with van der Waals surface area (Å²) in [5.41, 5.74) is 3.46. The van der Waals surface area contributed by atoms with Crippen LogP contribution >= 0.6 is 24.0 Å². The Morgan fingerprint density at radius 2 is 1.88 bits per heavy atom. The molecule has 126 valence electrons. The van der Waals surface area contributed by atoms with Gasteiger partial charge < -0.3 is 5.11 Å². The van der Waals surface area contributed by atoms with Crippen LogP contribution in [0.3, 0.4) is 0 Å². The molecule has 0 saturated carbocycles. The Balaban J connectivity index is 1.85. The maximum atomic E-state index is 12.5. The molecule has 1 aliphatic heterocycles. The number of thioether (sulfide) groups is 1. The lowest BCUT2D eigenvalue weighted by atomic mass is 10.2. The fourth-order valence-corrected chi connectivity index (χ4v) is 3.31. The molecule has 2 N–H and O–H groups in total. The third kappa shape index (κ3) is 3.62. The van der Waals surface area contributed by atoms with Crippen molar-refractivity contribution < 1.29 is 14.8 Å². The molecule has 0 radical (unpaired) electrons. The highest BCUT2D eigenvalue weighted by molar-refractivity contribution is 8.26. The molecular formula is C16H11N3O4S2. The van der Waals surface area contributed by atoms with E-state index in [0.29, 0.717) is 4.91 Å². The molecule has 1 saturated heterocycles. The van der Waals surface area contributed by atoms with E-state index >= 15 is 0 Å². The molecule has 0 spiro atoms. The summed E-state index contributed by atoms with van der Waals surface area (Å²) in [6.07, 6.45) is 1.64. The monoisotopic (exact) mass is 373 g/mol. The Morgan fingerprint density at radius 1 is 1.20 bits per heavy atom. The first-order valence-electron chi connectivity index (χ1n) is 7.03. The number of nitrogens with one attached hydrogen (secondary N) is 1. The van der Waals surface area contributed by atoms with Crippen molar-refractivity contribution in [3.05, 3.63) is 69.1 Å². The van der Waals surface area contributed by atoms with Gasteiger partial charge in [-0.15, -0.1) is 0 Å². The van der Waals surface area contributed by atoms with Gasteiger partial charge in [-0.3, -0.25) is 20.3 Å². The van der Waals surface area contributed by atoms with Crippen LogP contribution in [0.2, 0.25) is 0 Å². The van der Waals surface area contributed by atoms with Gasteiger partial charge in [0.05, 0.1) is 9.83 Å². The van der Waals surface area contributed by atoms with E-state index in [9.17, 15) is 20.0 Å². The van der Waals surface area contributed by atoms with E-state index in [2.05, 4.69) is 5.43 Å². The molecule has 7 nitrogen and oxygen atoms in total. The van der Waals surface area contributed by atoms with Crippen molar-refractivity contribution >= 4 is 51.7 Å². The van der Waals surface area contributed by atoms with Crippen LogP contribution in [0.1, 0.15) is 5.56 Å². The maximum Gasteiger partial charge on any atom is 0.294 e. The van der Waals surface area contributed by atoms with Crippen LogP contribution in [0.4, 0.5) is 11.4 Å². The smallest absolute Gasteiger partial charge is 0.294 e. The minimum absolute atomic E-state index is 0.128. The molecule has 2 aromatic carbocycles. The van der Waals surface area contributed by atoms with E-state index in [0.717, 1.165) is 22.3 Å². The van der Waals surface area contributed by atoms with Crippen molar-refractivity contribution in [3.63, 3.8) is 0 Å². The van der Waals surface area contributed by atoms with Crippen molar-refractivity contribution in [2.75, 3.05) is 5.43 Å². The number of phenols is 1. The van der Waals surface area contributed by atoms with Crippen LogP contribution in [-0.2, 0) is 4.79 Å². The van der Waals surface area contributed by atoms with Crippen LogP contribution in [0.5, 0.6) is 5.75 Å². The third-order valence-corrected chi connectivity index (χ3v) is 4.62. The van der Waals surface area contributed by atoms with Gasteiger partial charge in [0, 0.05) is 6.07 Å². The van der Waals surface area contributed by atoms with E-state index in [4.69, 9.17) is 12.2 Å². The lowest BCUT2D eigenvalue weighted by Gasteiger charge is -2.16. The zero-order chi connectivity index (χ0) is 18.0. The minimum Gasteiger partial charge on any atom is -0.508 e. The first-order valence-corrected chi connectivity index (χ1v) is 8.25. The Morgan fingerprint density at radius 3 is 2.56 bits per heavy atom. The van der Waals surface area contributed by atoms with Gasteiger partial charge in [-0.25, -0.2) is 5.01 Å². The van der Waals surface area contributed by atoms with Crippen molar-refractivity contribution in [1.29, 1.82) is 0 Å². The third-order valence-electron chi connectivity index (χ3n) is 3.32. The van der Waals surface area contributed by atoms with Crippen molar-refractivity contribution in [3.8, 4) is 5.75 Å². The summed E-state index contributed by atoms with van der Waals surface area (Å²) in [6.45, 7) is 0. The first-order chi connectivity index (χ1) is 12.0. The zero-order valence-corrected chi connectivity index (χ0v) is 14.2. The number of thiocarbonyl (C=S) groups is 1. The van der Waals surface area contributed by atoms with Crippen LogP contribution < -0.4 is 5.43 Å². The molecule has 1 heterocycles. The molecule has 0 unspecified atom stereocenters. The summed E-state index contributed by atoms with van der Waals surface area (Å²) >= 11 is 6.28. The number of rotatable bonds is 4. The molecule has 0 aromatic heterocycles. The highest BCUT2D eigenvalue weighted by atomic mass is 32.2. The Labute approximate surface area is 152 Å². The summed E-state index contributed by atoms with van der Waals surface area (Å²) < 4.78 is 0.244. The maximum absolute atomic E-state index is 12.5. The number of nitro benzene ring substituents is 1. The number of aromatic hydroxyl groups is 1. The van der Waals surface area contributed by atoms with Gasteiger partial charge in [-0.1, -0.05) is 36.0 Å². The molecule has 1 amide bonds. The molecule has 3 rings (SSSR count). The summed E-state index contributed by atoms with van der Waals surface area (Å²) in [6, 6.07) is 12.4. The molecule has 0 aliphatic carbocycles. The molecule has 0 bridgehead atoms.